The number of hydrogen-bond donors (Lipinski definition) is 1. The van der Waals surface area contributed by atoms with Crippen LogP contribution >= 0.6 is 0 Å². The van der Waals surface area contributed by atoms with Crippen LogP contribution in [0.3, 0.4) is 0 Å². The molecule has 1 aliphatic carbocycles. The second-order valence-electron chi connectivity index (χ2n) is 4.11. The Labute approximate surface area is 62.5 Å². The first kappa shape index (κ1) is 7.73. The summed E-state index contributed by atoms with van der Waals surface area (Å²) in [4.78, 5) is 4.34. The highest BCUT2D eigenvalue weighted by Crippen LogP contribution is 2.23. The van der Waals surface area contributed by atoms with E-state index in [9.17, 15) is 0 Å². The maximum absolute atomic E-state index is 5.58. The van der Waals surface area contributed by atoms with Crippen LogP contribution < -0.4 is 5.73 Å². The Kier molecular flexibility index (Phi) is 1.82. The van der Waals surface area contributed by atoms with Gasteiger partial charge in [0.25, 0.3) is 0 Å². The highest BCUT2D eigenvalue weighted by atomic mass is 14.9. The molecule has 1 fully saturated rings. The lowest BCUT2D eigenvalue weighted by molar-refractivity contribution is 0.603. The van der Waals surface area contributed by atoms with Crippen molar-refractivity contribution >= 4 is 6.21 Å². The van der Waals surface area contributed by atoms with Crippen LogP contribution in [0.5, 0.6) is 0 Å². The molecule has 1 saturated carbocycles. The fourth-order valence-corrected chi connectivity index (χ4v) is 0.691. The lowest BCUT2D eigenvalue weighted by Crippen LogP contribution is -2.09. The summed E-state index contributed by atoms with van der Waals surface area (Å²) in [5, 5.41) is 0. The van der Waals surface area contributed by atoms with Gasteiger partial charge in [-0.15, -0.1) is 0 Å². The quantitative estimate of drug-likeness (QED) is 0.546. The molecule has 2 N–H and O–H groups in total. The van der Waals surface area contributed by atoms with E-state index in [-0.39, 0.29) is 5.41 Å². The van der Waals surface area contributed by atoms with Gasteiger partial charge in [0.15, 0.2) is 0 Å². The van der Waals surface area contributed by atoms with Crippen LogP contribution in [-0.4, -0.2) is 18.3 Å². The molecule has 0 bridgehead atoms. The summed E-state index contributed by atoms with van der Waals surface area (Å²) in [6.45, 7) is 6.43. The summed E-state index contributed by atoms with van der Waals surface area (Å²) in [6.07, 6.45) is 3.08. The molecule has 1 rings (SSSR count). The molecule has 0 radical (unpaired) electrons. The molecule has 10 heavy (non-hydrogen) atoms. The summed E-state index contributed by atoms with van der Waals surface area (Å²) in [5.41, 5.74) is 5.79. The van der Waals surface area contributed by atoms with Crippen LogP contribution in [0.4, 0.5) is 0 Å². The maximum atomic E-state index is 5.58. The third-order valence-electron chi connectivity index (χ3n) is 1.46. The first-order valence-corrected chi connectivity index (χ1v) is 3.79. The van der Waals surface area contributed by atoms with Gasteiger partial charge in [-0.2, -0.15) is 0 Å². The van der Waals surface area contributed by atoms with E-state index in [2.05, 4.69) is 25.8 Å². The molecular weight excluding hydrogens is 124 g/mol. The van der Waals surface area contributed by atoms with Crippen LogP contribution in [0.15, 0.2) is 4.99 Å². The third-order valence-corrected chi connectivity index (χ3v) is 1.46. The molecule has 0 spiro atoms. The fraction of sp³-hybridized carbons (Fsp3) is 0.875. The Bertz CT molecular complexity index is 144. The SMILES string of the molecule is CC(C)(C)C=N[C@@H]1C[C@H]1N. The van der Waals surface area contributed by atoms with E-state index in [1.54, 1.807) is 0 Å². The van der Waals surface area contributed by atoms with Crippen LogP contribution in [0.2, 0.25) is 0 Å². The molecule has 0 amide bonds. The summed E-state index contributed by atoms with van der Waals surface area (Å²) in [6, 6.07) is 0.776. The van der Waals surface area contributed by atoms with Crippen molar-refractivity contribution in [2.75, 3.05) is 0 Å². The smallest absolute Gasteiger partial charge is 0.0663 e. The van der Waals surface area contributed by atoms with Gasteiger partial charge in [0.05, 0.1) is 6.04 Å². The van der Waals surface area contributed by atoms with Crippen molar-refractivity contribution in [3.63, 3.8) is 0 Å². The topological polar surface area (TPSA) is 38.4 Å². The molecule has 0 unspecified atom stereocenters. The van der Waals surface area contributed by atoms with Gasteiger partial charge < -0.3 is 5.73 Å². The van der Waals surface area contributed by atoms with Gasteiger partial charge in [0.2, 0.25) is 0 Å². The molecule has 0 heterocycles. The van der Waals surface area contributed by atoms with E-state index in [1.807, 2.05) is 6.21 Å². The van der Waals surface area contributed by atoms with Crippen molar-refractivity contribution in [2.45, 2.75) is 39.3 Å². The molecule has 0 saturated heterocycles. The van der Waals surface area contributed by atoms with Crippen molar-refractivity contribution in [2.24, 2.45) is 16.1 Å². The number of nitrogens with zero attached hydrogens (tertiary/aromatic N) is 1. The highest BCUT2D eigenvalue weighted by molar-refractivity contribution is 5.64. The first-order valence-electron chi connectivity index (χ1n) is 3.79. The van der Waals surface area contributed by atoms with Gasteiger partial charge in [-0.1, -0.05) is 20.8 Å². The normalized spacial score (nSPS) is 33.2. The zero-order chi connectivity index (χ0) is 7.78. The summed E-state index contributed by atoms with van der Waals surface area (Å²) < 4.78 is 0. The number of nitrogens with two attached hydrogens (primary N) is 1. The van der Waals surface area contributed by atoms with Crippen molar-refractivity contribution in [3.8, 4) is 0 Å². The minimum absolute atomic E-state index is 0.211. The molecule has 1 aliphatic rings. The molecule has 0 aromatic carbocycles. The molecular formula is C8H16N2. The van der Waals surface area contributed by atoms with Crippen molar-refractivity contribution in [1.82, 2.24) is 0 Å². The molecule has 58 valence electrons. The van der Waals surface area contributed by atoms with E-state index in [4.69, 9.17) is 5.73 Å². The molecule has 2 atom stereocenters. The number of rotatable bonds is 1. The summed E-state index contributed by atoms with van der Waals surface area (Å²) >= 11 is 0. The minimum atomic E-state index is 0.211. The monoisotopic (exact) mass is 140 g/mol. The summed E-state index contributed by atoms with van der Waals surface area (Å²) in [5.74, 6) is 0. The Morgan fingerprint density at radius 2 is 2.00 bits per heavy atom. The van der Waals surface area contributed by atoms with E-state index >= 15 is 0 Å². The molecule has 2 nitrogen and oxygen atoms in total. The van der Waals surface area contributed by atoms with Gasteiger partial charge in [0, 0.05) is 12.3 Å². The first-order chi connectivity index (χ1) is 4.49. The lowest BCUT2D eigenvalue weighted by atomic mass is 9.99. The number of aliphatic imine (C=N–C) groups is 1. The highest BCUT2D eigenvalue weighted by Gasteiger charge is 2.32. The van der Waals surface area contributed by atoms with Gasteiger partial charge in [-0.3, -0.25) is 4.99 Å². The van der Waals surface area contributed by atoms with Crippen LogP contribution in [0.25, 0.3) is 0 Å². The average molecular weight is 140 g/mol. The van der Waals surface area contributed by atoms with Gasteiger partial charge >= 0.3 is 0 Å². The fourth-order valence-electron chi connectivity index (χ4n) is 0.691. The van der Waals surface area contributed by atoms with Gasteiger partial charge in [0.1, 0.15) is 0 Å². The van der Waals surface area contributed by atoms with Crippen molar-refractivity contribution in [1.29, 1.82) is 0 Å². The van der Waals surface area contributed by atoms with Crippen molar-refractivity contribution < 1.29 is 0 Å². The van der Waals surface area contributed by atoms with E-state index in [0.29, 0.717) is 12.1 Å². The zero-order valence-corrected chi connectivity index (χ0v) is 6.96. The Hall–Kier alpha value is -0.370. The van der Waals surface area contributed by atoms with Crippen LogP contribution in [0, 0.1) is 5.41 Å². The summed E-state index contributed by atoms with van der Waals surface area (Å²) in [7, 11) is 0. The maximum Gasteiger partial charge on any atom is 0.0663 e. The van der Waals surface area contributed by atoms with Crippen LogP contribution in [0.1, 0.15) is 27.2 Å². The van der Waals surface area contributed by atoms with Gasteiger partial charge in [-0.25, -0.2) is 0 Å². The molecule has 0 aromatic heterocycles. The Morgan fingerprint density at radius 3 is 2.30 bits per heavy atom. The van der Waals surface area contributed by atoms with Crippen molar-refractivity contribution in [3.05, 3.63) is 0 Å². The predicted octanol–water partition coefficient (Wildman–Crippen LogP) is 1.20. The molecule has 2 heteroatoms. The second kappa shape index (κ2) is 2.35. The molecule has 0 aromatic rings. The zero-order valence-electron chi connectivity index (χ0n) is 6.96. The second-order valence-corrected chi connectivity index (χ2v) is 4.11. The average Bonchev–Trinajstić information content (AvgIpc) is 2.40. The van der Waals surface area contributed by atoms with E-state index in [1.165, 1.54) is 0 Å². The molecule has 0 aliphatic heterocycles. The Balaban J connectivity index is 2.31. The van der Waals surface area contributed by atoms with E-state index in [0.717, 1.165) is 6.42 Å². The largest absolute Gasteiger partial charge is 0.326 e. The van der Waals surface area contributed by atoms with Gasteiger partial charge in [-0.05, 0) is 11.8 Å². The van der Waals surface area contributed by atoms with E-state index < -0.39 is 0 Å². The Morgan fingerprint density at radius 1 is 1.50 bits per heavy atom. The number of hydrogen-bond acceptors (Lipinski definition) is 2. The lowest BCUT2D eigenvalue weighted by Gasteiger charge is -2.09. The standard InChI is InChI=1S/C8H16N2/c1-8(2,3)5-10-7-4-6(7)9/h5-7H,4,9H2,1-3H3/t6-,7-/m1/s1. The third kappa shape index (κ3) is 2.48. The van der Waals surface area contributed by atoms with Crippen LogP contribution in [-0.2, 0) is 0 Å². The minimum Gasteiger partial charge on any atom is -0.326 e. The predicted molar refractivity (Wildman–Crippen MR) is 44.3 cm³/mol.